The summed E-state index contributed by atoms with van der Waals surface area (Å²) in [6.45, 7) is 0. The molecule has 0 rings (SSSR count). The smallest absolute Gasteiger partial charge is 2.00 e. The summed E-state index contributed by atoms with van der Waals surface area (Å²) in [5, 5.41) is 0. The summed E-state index contributed by atoms with van der Waals surface area (Å²) in [6, 6.07) is 0. The van der Waals surface area contributed by atoms with Crippen molar-refractivity contribution >= 4 is 0 Å². The van der Waals surface area contributed by atoms with Gasteiger partial charge in [0.25, 0.3) is 0 Å². The summed E-state index contributed by atoms with van der Waals surface area (Å²) in [5.74, 6) is 0. The van der Waals surface area contributed by atoms with Crippen LogP contribution >= 0.6 is 0 Å². The Morgan fingerprint density at radius 2 is 0.667 bits per heavy atom. The van der Waals surface area contributed by atoms with Crippen LogP contribution in [0.25, 0.3) is 0 Å². The molecule has 0 aromatic rings. The van der Waals surface area contributed by atoms with Gasteiger partial charge in [-0.2, -0.15) is 0 Å². The van der Waals surface area contributed by atoms with Crippen LogP contribution in [0.3, 0.4) is 0 Å². The molecule has 2 radical (unpaired) electrons. The van der Waals surface area contributed by atoms with E-state index in [2.05, 4.69) is 0 Å². The number of hydrogen-bond acceptors (Lipinski definition) is 0. The largest absolute Gasteiger partial charge is 2.00 e. The first-order valence-electron chi connectivity index (χ1n) is 0. The maximum absolute atomic E-state index is 0. The molecular weight excluding hydrogens is 236 g/mol. The zero-order chi connectivity index (χ0) is 0. The SMILES string of the molecule is [Co+2].[Cu+2].[O-2].[O-2].[O-2].[Zn+2]. The van der Waals surface area contributed by atoms with Crippen molar-refractivity contribution in [2.75, 3.05) is 0 Å². The van der Waals surface area contributed by atoms with Crippen molar-refractivity contribution in [3.05, 3.63) is 0 Å². The molecule has 0 aliphatic heterocycles. The van der Waals surface area contributed by atoms with E-state index in [-0.39, 0.29) is 69.8 Å². The predicted octanol–water partition coefficient (Wildman–Crippen LogP) is -0.364. The zero-order valence-corrected chi connectivity index (χ0v) is 7.52. The van der Waals surface area contributed by atoms with E-state index in [1.807, 2.05) is 0 Å². The second-order valence-electron chi connectivity index (χ2n) is 0. The van der Waals surface area contributed by atoms with Gasteiger partial charge in [-0.25, -0.2) is 0 Å². The molecule has 0 fully saturated rings. The maximum Gasteiger partial charge on any atom is 2.00 e. The van der Waals surface area contributed by atoms with Gasteiger partial charge in [0, 0.05) is 0 Å². The van der Waals surface area contributed by atoms with Gasteiger partial charge in [-0.15, -0.1) is 0 Å². The molecule has 0 aliphatic carbocycles. The van der Waals surface area contributed by atoms with E-state index in [1.165, 1.54) is 0 Å². The van der Waals surface area contributed by atoms with Crippen LogP contribution in [0, 0.1) is 0 Å². The molecule has 0 saturated carbocycles. The molecule has 0 aliphatic rings. The third-order valence-electron chi connectivity index (χ3n) is 0. The third kappa shape index (κ3) is 48.5. The summed E-state index contributed by atoms with van der Waals surface area (Å²) >= 11 is 0. The van der Waals surface area contributed by atoms with Crippen LogP contribution in [0.4, 0.5) is 0 Å². The number of hydrogen-bond donors (Lipinski definition) is 0. The van der Waals surface area contributed by atoms with E-state index in [0.29, 0.717) is 0 Å². The summed E-state index contributed by atoms with van der Waals surface area (Å²) in [4.78, 5) is 0. The van der Waals surface area contributed by atoms with Crippen LogP contribution in [0.15, 0.2) is 0 Å². The van der Waals surface area contributed by atoms with Gasteiger partial charge in [0.1, 0.15) is 0 Å². The molecule has 6 heteroatoms. The first-order valence-corrected chi connectivity index (χ1v) is 0. The van der Waals surface area contributed by atoms with E-state index in [4.69, 9.17) is 0 Å². The molecule has 6 heavy (non-hydrogen) atoms. The minimum Gasteiger partial charge on any atom is -2.00 e. The Morgan fingerprint density at radius 3 is 0.667 bits per heavy atom. The summed E-state index contributed by atoms with van der Waals surface area (Å²) in [6.07, 6.45) is 0. The van der Waals surface area contributed by atoms with Gasteiger partial charge < -0.3 is 16.4 Å². The van der Waals surface area contributed by atoms with E-state index in [0.717, 1.165) is 0 Å². The first kappa shape index (κ1) is 137. The van der Waals surface area contributed by atoms with E-state index >= 15 is 0 Å². The van der Waals surface area contributed by atoms with Crippen molar-refractivity contribution < 1.29 is 69.8 Å². The van der Waals surface area contributed by atoms with E-state index in [9.17, 15) is 0 Å². The minimum atomic E-state index is 0. The monoisotopic (exact) mass is 234 g/mol. The van der Waals surface area contributed by atoms with Crippen molar-refractivity contribution in [3.8, 4) is 0 Å². The van der Waals surface area contributed by atoms with Gasteiger partial charge >= 0.3 is 53.3 Å². The second kappa shape index (κ2) is 85.4. The van der Waals surface area contributed by atoms with Crippen LogP contribution < -0.4 is 0 Å². The Balaban J connectivity index is 0. The zero-order valence-electron chi connectivity index (χ0n) is 2.57. The maximum atomic E-state index is 0. The fourth-order valence-corrected chi connectivity index (χ4v) is 0. The van der Waals surface area contributed by atoms with Crippen molar-refractivity contribution in [1.29, 1.82) is 0 Å². The van der Waals surface area contributed by atoms with Crippen LogP contribution in [0.2, 0.25) is 0 Å². The Kier molecular flexibility index (Phi) is 1950. The van der Waals surface area contributed by atoms with Crippen LogP contribution in [0.1, 0.15) is 0 Å². The van der Waals surface area contributed by atoms with Crippen LogP contribution in [-0.2, 0) is 69.8 Å². The van der Waals surface area contributed by atoms with E-state index in [1.54, 1.807) is 0 Å². The van der Waals surface area contributed by atoms with Crippen molar-refractivity contribution in [2.45, 2.75) is 0 Å². The molecule has 0 unspecified atom stereocenters. The minimum absolute atomic E-state index is 0. The quantitative estimate of drug-likeness (QED) is 0.514. The average Bonchev–Trinajstić information content (AvgIpc) is 0. The van der Waals surface area contributed by atoms with Gasteiger partial charge in [-0.05, 0) is 0 Å². The molecule has 0 bridgehead atoms. The molecule has 0 N–H and O–H groups in total. The standard InChI is InChI=1S/Co.Cu.3O.Zn/q2*+2;3*-2;+2. The molecule has 0 aromatic heterocycles. The Bertz CT molecular complexity index is 10.8. The van der Waals surface area contributed by atoms with Gasteiger partial charge in [-0.1, -0.05) is 0 Å². The average molecular weight is 236 g/mol. The fourth-order valence-electron chi connectivity index (χ4n) is 0. The molecule has 0 heterocycles. The molecule has 0 saturated heterocycles. The predicted molar refractivity (Wildman–Crippen MR) is 2.06 cm³/mol. The van der Waals surface area contributed by atoms with Crippen molar-refractivity contribution in [2.24, 2.45) is 0 Å². The third-order valence-corrected chi connectivity index (χ3v) is 0. The summed E-state index contributed by atoms with van der Waals surface area (Å²) in [7, 11) is 0. The molecule has 3 nitrogen and oxygen atoms in total. The van der Waals surface area contributed by atoms with Gasteiger partial charge in [0.2, 0.25) is 0 Å². The van der Waals surface area contributed by atoms with Gasteiger partial charge in [0.15, 0.2) is 0 Å². The first-order chi connectivity index (χ1) is 0. The summed E-state index contributed by atoms with van der Waals surface area (Å²) < 4.78 is 0. The molecule has 40 valence electrons. The van der Waals surface area contributed by atoms with Crippen molar-refractivity contribution in [1.82, 2.24) is 0 Å². The summed E-state index contributed by atoms with van der Waals surface area (Å²) in [5.41, 5.74) is 0. The number of rotatable bonds is 0. The fraction of sp³-hybridized carbons (Fsp3) is 0. The van der Waals surface area contributed by atoms with Gasteiger partial charge in [0.05, 0.1) is 0 Å². The second-order valence-corrected chi connectivity index (χ2v) is 0. The van der Waals surface area contributed by atoms with Crippen LogP contribution in [0.5, 0.6) is 0 Å². The van der Waals surface area contributed by atoms with E-state index < -0.39 is 0 Å². The molecule has 0 spiro atoms. The molecule has 0 atom stereocenters. The molecule has 0 aromatic carbocycles. The Hall–Kier alpha value is 1.53. The Labute approximate surface area is 69.6 Å². The van der Waals surface area contributed by atoms with Crippen molar-refractivity contribution in [3.63, 3.8) is 0 Å². The normalized spacial score (nSPS) is 0. The van der Waals surface area contributed by atoms with Gasteiger partial charge in [-0.3, -0.25) is 0 Å². The van der Waals surface area contributed by atoms with Crippen LogP contribution in [-0.4, -0.2) is 0 Å². The molecular formula is CoCuO3Zn. The topological polar surface area (TPSA) is 85.5 Å². The Morgan fingerprint density at radius 1 is 0.667 bits per heavy atom. The molecule has 0 amide bonds.